The van der Waals surface area contributed by atoms with E-state index in [-0.39, 0.29) is 11.3 Å². The molecule has 0 fully saturated rings. The molecule has 0 spiro atoms. The quantitative estimate of drug-likeness (QED) is 0.733. The van der Waals surface area contributed by atoms with Crippen molar-refractivity contribution in [3.05, 3.63) is 28.8 Å². The number of carbonyl (C=O) groups is 1. The van der Waals surface area contributed by atoms with E-state index in [0.29, 0.717) is 6.42 Å². The van der Waals surface area contributed by atoms with Gasteiger partial charge in [-0.05, 0) is 30.5 Å². The van der Waals surface area contributed by atoms with Crippen LogP contribution in [0.25, 0.3) is 0 Å². The van der Waals surface area contributed by atoms with E-state index in [4.69, 9.17) is 0 Å². The monoisotopic (exact) mass is 194 g/mol. The van der Waals surface area contributed by atoms with Gasteiger partial charge < -0.3 is 9.84 Å². The Labute approximate surface area is 83.3 Å². The number of hydrogen-bond acceptors (Lipinski definition) is 3. The predicted molar refractivity (Wildman–Crippen MR) is 53.6 cm³/mol. The van der Waals surface area contributed by atoms with Gasteiger partial charge in [0.2, 0.25) is 0 Å². The summed E-state index contributed by atoms with van der Waals surface area (Å²) in [6.07, 6.45) is 0.697. The normalized spacial score (nSPS) is 9.93. The SMILES string of the molecule is CCc1c(C)ccc(C(=O)OC)c1O. The fourth-order valence-electron chi connectivity index (χ4n) is 1.46. The molecule has 0 saturated heterocycles. The van der Waals surface area contributed by atoms with Gasteiger partial charge in [-0.2, -0.15) is 0 Å². The Morgan fingerprint density at radius 1 is 1.50 bits per heavy atom. The molecule has 0 aliphatic rings. The Bertz CT molecular complexity index is 356. The largest absolute Gasteiger partial charge is 0.507 e. The summed E-state index contributed by atoms with van der Waals surface area (Å²) in [5.74, 6) is -0.462. The summed E-state index contributed by atoms with van der Waals surface area (Å²) in [7, 11) is 1.30. The van der Waals surface area contributed by atoms with Gasteiger partial charge in [-0.3, -0.25) is 0 Å². The van der Waals surface area contributed by atoms with Crippen LogP contribution in [-0.4, -0.2) is 18.2 Å². The standard InChI is InChI=1S/C11H14O3/c1-4-8-7(2)5-6-9(10(8)12)11(13)14-3/h5-6,12H,4H2,1-3H3. The van der Waals surface area contributed by atoms with Crippen LogP contribution in [-0.2, 0) is 11.2 Å². The fraction of sp³-hybridized carbons (Fsp3) is 0.364. The summed E-state index contributed by atoms with van der Waals surface area (Å²) in [6.45, 7) is 3.84. The van der Waals surface area contributed by atoms with Crippen molar-refractivity contribution >= 4 is 5.97 Å². The van der Waals surface area contributed by atoms with Crippen molar-refractivity contribution in [2.75, 3.05) is 7.11 Å². The zero-order chi connectivity index (χ0) is 10.7. The van der Waals surface area contributed by atoms with Gasteiger partial charge in [0.25, 0.3) is 0 Å². The lowest BCUT2D eigenvalue weighted by atomic mass is 10.0. The molecule has 1 rings (SSSR count). The number of hydrogen-bond donors (Lipinski definition) is 1. The van der Waals surface area contributed by atoms with E-state index in [0.717, 1.165) is 11.1 Å². The van der Waals surface area contributed by atoms with Crippen LogP contribution in [0, 0.1) is 6.92 Å². The van der Waals surface area contributed by atoms with Gasteiger partial charge in [-0.1, -0.05) is 13.0 Å². The molecule has 0 aliphatic heterocycles. The number of aromatic hydroxyl groups is 1. The second-order valence-electron chi connectivity index (χ2n) is 3.10. The highest BCUT2D eigenvalue weighted by molar-refractivity contribution is 5.93. The number of benzene rings is 1. The topological polar surface area (TPSA) is 46.5 Å². The van der Waals surface area contributed by atoms with Crippen molar-refractivity contribution in [1.29, 1.82) is 0 Å². The van der Waals surface area contributed by atoms with Crippen molar-refractivity contribution < 1.29 is 14.6 Å². The maximum atomic E-state index is 11.2. The highest BCUT2D eigenvalue weighted by Crippen LogP contribution is 2.26. The van der Waals surface area contributed by atoms with Crippen LogP contribution >= 0.6 is 0 Å². The average Bonchev–Trinajstić information content (AvgIpc) is 2.18. The van der Waals surface area contributed by atoms with E-state index < -0.39 is 5.97 Å². The molecule has 0 unspecified atom stereocenters. The van der Waals surface area contributed by atoms with Crippen molar-refractivity contribution in [2.45, 2.75) is 20.3 Å². The molecule has 0 amide bonds. The Hall–Kier alpha value is -1.51. The van der Waals surface area contributed by atoms with Crippen molar-refractivity contribution in [3.63, 3.8) is 0 Å². The van der Waals surface area contributed by atoms with E-state index >= 15 is 0 Å². The van der Waals surface area contributed by atoms with Gasteiger partial charge in [0.15, 0.2) is 0 Å². The minimum absolute atomic E-state index is 0.0411. The second kappa shape index (κ2) is 4.13. The number of phenolic OH excluding ortho intramolecular Hbond substituents is 1. The van der Waals surface area contributed by atoms with Gasteiger partial charge in [-0.15, -0.1) is 0 Å². The molecule has 0 heterocycles. The first kappa shape index (κ1) is 10.6. The minimum Gasteiger partial charge on any atom is -0.507 e. The fourth-order valence-corrected chi connectivity index (χ4v) is 1.46. The molecule has 1 aromatic carbocycles. The number of carbonyl (C=O) groups excluding carboxylic acids is 1. The third-order valence-electron chi connectivity index (χ3n) is 2.28. The Kier molecular flexibility index (Phi) is 3.12. The summed E-state index contributed by atoms with van der Waals surface area (Å²) in [5, 5.41) is 9.77. The van der Waals surface area contributed by atoms with Crippen molar-refractivity contribution in [3.8, 4) is 5.75 Å². The molecule has 14 heavy (non-hydrogen) atoms. The van der Waals surface area contributed by atoms with Gasteiger partial charge in [0.1, 0.15) is 11.3 Å². The maximum absolute atomic E-state index is 11.2. The van der Waals surface area contributed by atoms with Gasteiger partial charge >= 0.3 is 5.97 Å². The van der Waals surface area contributed by atoms with E-state index in [1.54, 1.807) is 6.07 Å². The van der Waals surface area contributed by atoms with Gasteiger partial charge in [-0.25, -0.2) is 4.79 Å². The molecule has 3 heteroatoms. The lowest BCUT2D eigenvalue weighted by Crippen LogP contribution is -2.03. The zero-order valence-corrected chi connectivity index (χ0v) is 8.63. The first-order valence-corrected chi connectivity index (χ1v) is 4.51. The van der Waals surface area contributed by atoms with Crippen LogP contribution in [0.2, 0.25) is 0 Å². The molecule has 0 aromatic heterocycles. The van der Waals surface area contributed by atoms with Gasteiger partial charge in [0, 0.05) is 0 Å². The lowest BCUT2D eigenvalue weighted by molar-refractivity contribution is 0.0597. The van der Waals surface area contributed by atoms with Crippen LogP contribution in [0.15, 0.2) is 12.1 Å². The maximum Gasteiger partial charge on any atom is 0.341 e. The molecular formula is C11H14O3. The first-order valence-electron chi connectivity index (χ1n) is 4.51. The third-order valence-corrected chi connectivity index (χ3v) is 2.28. The summed E-state index contributed by atoms with van der Waals surface area (Å²) in [4.78, 5) is 11.2. The van der Waals surface area contributed by atoms with Crippen LogP contribution in [0.3, 0.4) is 0 Å². The molecular weight excluding hydrogens is 180 g/mol. The number of phenols is 1. The van der Waals surface area contributed by atoms with E-state index in [1.165, 1.54) is 7.11 Å². The Morgan fingerprint density at radius 2 is 2.14 bits per heavy atom. The molecule has 1 aromatic rings. The minimum atomic E-state index is -0.503. The third kappa shape index (κ3) is 1.71. The smallest absolute Gasteiger partial charge is 0.341 e. The Morgan fingerprint density at radius 3 is 2.64 bits per heavy atom. The van der Waals surface area contributed by atoms with Gasteiger partial charge in [0.05, 0.1) is 7.11 Å². The highest BCUT2D eigenvalue weighted by Gasteiger charge is 2.15. The Balaban J connectivity index is 3.28. The molecule has 0 atom stereocenters. The molecule has 0 aliphatic carbocycles. The van der Waals surface area contributed by atoms with Crippen molar-refractivity contribution in [1.82, 2.24) is 0 Å². The second-order valence-corrected chi connectivity index (χ2v) is 3.10. The zero-order valence-electron chi connectivity index (χ0n) is 8.63. The summed E-state index contributed by atoms with van der Waals surface area (Å²) in [6, 6.07) is 3.39. The van der Waals surface area contributed by atoms with E-state index in [1.807, 2.05) is 19.9 Å². The van der Waals surface area contributed by atoms with Crippen LogP contribution < -0.4 is 0 Å². The number of aryl methyl sites for hydroxylation is 1. The van der Waals surface area contributed by atoms with E-state index in [2.05, 4.69) is 4.74 Å². The number of ether oxygens (including phenoxy) is 1. The number of esters is 1. The molecule has 0 radical (unpaired) electrons. The lowest BCUT2D eigenvalue weighted by Gasteiger charge is -2.09. The van der Waals surface area contributed by atoms with Crippen molar-refractivity contribution in [2.24, 2.45) is 0 Å². The van der Waals surface area contributed by atoms with E-state index in [9.17, 15) is 9.90 Å². The molecule has 0 bridgehead atoms. The summed E-state index contributed by atoms with van der Waals surface area (Å²) < 4.78 is 4.56. The molecule has 76 valence electrons. The average molecular weight is 194 g/mol. The van der Waals surface area contributed by atoms with Crippen LogP contribution in [0.5, 0.6) is 5.75 Å². The number of rotatable bonds is 2. The molecule has 3 nitrogen and oxygen atoms in total. The number of methoxy groups -OCH3 is 1. The van der Waals surface area contributed by atoms with Crippen LogP contribution in [0.4, 0.5) is 0 Å². The predicted octanol–water partition coefficient (Wildman–Crippen LogP) is 2.05. The summed E-state index contributed by atoms with van der Waals surface area (Å²) in [5.41, 5.74) is 2.01. The van der Waals surface area contributed by atoms with Crippen LogP contribution in [0.1, 0.15) is 28.4 Å². The molecule has 1 N–H and O–H groups in total. The first-order chi connectivity index (χ1) is 6.61. The highest BCUT2D eigenvalue weighted by atomic mass is 16.5. The summed E-state index contributed by atoms with van der Waals surface area (Å²) >= 11 is 0. The molecule has 0 saturated carbocycles.